The number of piperidine rings is 1. The van der Waals surface area contributed by atoms with E-state index < -0.39 is 11.5 Å². The smallest absolute Gasteiger partial charge is 0.323 e. The molecule has 2 rings (SSSR count). The van der Waals surface area contributed by atoms with Gasteiger partial charge in [-0.3, -0.25) is 9.69 Å². The van der Waals surface area contributed by atoms with Crippen molar-refractivity contribution in [3.63, 3.8) is 0 Å². The number of hydrogen-bond acceptors (Lipinski definition) is 4. The Morgan fingerprint density at radius 3 is 2.81 bits per heavy atom. The maximum absolute atomic E-state index is 11.6. The zero-order chi connectivity index (χ0) is 15.6. The van der Waals surface area contributed by atoms with Crippen molar-refractivity contribution in [2.24, 2.45) is 0 Å². The number of benzene rings is 1. The van der Waals surface area contributed by atoms with Crippen molar-refractivity contribution in [3.8, 4) is 11.5 Å². The standard InChI is InChI=1S/C15H20ClNO4/c1-15(14(19)20)5-3-4-6-17(15)9-10-7-11(16)8-12(21-2)13(10)18/h7-8,18H,3-6,9H2,1-2H3,(H,19,20). The third-order valence-electron chi connectivity index (χ3n) is 4.20. The summed E-state index contributed by atoms with van der Waals surface area (Å²) < 4.78 is 5.09. The molecule has 1 unspecified atom stereocenters. The minimum atomic E-state index is -0.916. The van der Waals surface area contributed by atoms with Crippen LogP contribution in [0.3, 0.4) is 0 Å². The van der Waals surface area contributed by atoms with E-state index in [-0.39, 0.29) is 5.75 Å². The summed E-state index contributed by atoms with van der Waals surface area (Å²) in [7, 11) is 1.46. The second-order valence-corrected chi connectivity index (χ2v) is 6.01. The van der Waals surface area contributed by atoms with Crippen LogP contribution in [0.4, 0.5) is 0 Å². The van der Waals surface area contributed by atoms with E-state index in [1.807, 2.05) is 4.90 Å². The summed E-state index contributed by atoms with van der Waals surface area (Å²) in [6, 6.07) is 3.18. The second-order valence-electron chi connectivity index (χ2n) is 5.57. The van der Waals surface area contributed by atoms with Gasteiger partial charge in [0.25, 0.3) is 0 Å². The monoisotopic (exact) mass is 313 g/mol. The molecule has 21 heavy (non-hydrogen) atoms. The Morgan fingerprint density at radius 1 is 1.48 bits per heavy atom. The number of carbonyl (C=O) groups is 1. The van der Waals surface area contributed by atoms with Crippen LogP contribution in [-0.4, -0.2) is 40.3 Å². The van der Waals surface area contributed by atoms with Crippen molar-refractivity contribution in [1.82, 2.24) is 4.90 Å². The zero-order valence-corrected chi connectivity index (χ0v) is 13.0. The molecule has 0 aromatic heterocycles. The van der Waals surface area contributed by atoms with Crippen LogP contribution in [0.25, 0.3) is 0 Å². The van der Waals surface area contributed by atoms with Gasteiger partial charge >= 0.3 is 5.97 Å². The molecule has 0 radical (unpaired) electrons. The highest BCUT2D eigenvalue weighted by atomic mass is 35.5. The molecular formula is C15H20ClNO4. The first-order chi connectivity index (χ1) is 9.88. The molecule has 2 N–H and O–H groups in total. The lowest BCUT2D eigenvalue weighted by molar-refractivity contribution is -0.153. The molecule has 1 aromatic rings. The van der Waals surface area contributed by atoms with Crippen LogP contribution in [0, 0.1) is 0 Å². The first-order valence-corrected chi connectivity index (χ1v) is 7.30. The number of ether oxygens (including phenoxy) is 1. The van der Waals surface area contributed by atoms with Crippen LogP contribution >= 0.6 is 11.6 Å². The number of nitrogens with zero attached hydrogens (tertiary/aromatic N) is 1. The Balaban J connectivity index is 2.32. The number of carboxylic acid groups (broad SMARTS) is 1. The number of aromatic hydroxyl groups is 1. The molecule has 6 heteroatoms. The molecule has 0 amide bonds. The van der Waals surface area contributed by atoms with E-state index in [2.05, 4.69) is 0 Å². The lowest BCUT2D eigenvalue weighted by atomic mass is 9.88. The second kappa shape index (κ2) is 6.12. The highest BCUT2D eigenvalue weighted by Crippen LogP contribution is 2.37. The average molecular weight is 314 g/mol. The number of aliphatic carboxylic acids is 1. The Labute approximate surface area is 129 Å². The molecule has 0 aliphatic carbocycles. The summed E-state index contributed by atoms with van der Waals surface area (Å²) in [6.07, 6.45) is 2.44. The average Bonchev–Trinajstić information content (AvgIpc) is 2.44. The van der Waals surface area contributed by atoms with Crippen LogP contribution < -0.4 is 4.74 Å². The topological polar surface area (TPSA) is 70.0 Å². The Kier molecular flexibility index (Phi) is 4.64. The van der Waals surface area contributed by atoms with Crippen molar-refractivity contribution in [2.75, 3.05) is 13.7 Å². The number of rotatable bonds is 4. The number of hydrogen-bond donors (Lipinski definition) is 2. The molecule has 1 fully saturated rings. The molecule has 5 nitrogen and oxygen atoms in total. The number of phenols is 1. The van der Waals surface area contributed by atoms with Crippen LogP contribution in [0.1, 0.15) is 31.7 Å². The predicted octanol–water partition coefficient (Wildman–Crippen LogP) is 2.88. The van der Waals surface area contributed by atoms with E-state index in [4.69, 9.17) is 16.3 Å². The first-order valence-electron chi connectivity index (χ1n) is 6.92. The van der Waals surface area contributed by atoms with Gasteiger partial charge in [0.2, 0.25) is 0 Å². The van der Waals surface area contributed by atoms with Gasteiger partial charge in [-0.2, -0.15) is 0 Å². The van der Waals surface area contributed by atoms with Gasteiger partial charge in [-0.15, -0.1) is 0 Å². The Bertz CT molecular complexity index is 549. The van der Waals surface area contributed by atoms with E-state index in [1.165, 1.54) is 13.2 Å². The van der Waals surface area contributed by atoms with E-state index >= 15 is 0 Å². The van der Waals surface area contributed by atoms with Gasteiger partial charge in [-0.05, 0) is 38.8 Å². The molecule has 116 valence electrons. The molecule has 1 aliphatic heterocycles. The molecule has 1 aromatic carbocycles. The van der Waals surface area contributed by atoms with E-state index in [0.717, 1.165) is 12.8 Å². The number of phenolic OH excluding ortho intramolecular Hbond substituents is 1. The van der Waals surface area contributed by atoms with Crippen LogP contribution in [0.2, 0.25) is 5.02 Å². The summed E-state index contributed by atoms with van der Waals surface area (Å²) >= 11 is 6.03. The van der Waals surface area contributed by atoms with E-state index in [9.17, 15) is 15.0 Å². The van der Waals surface area contributed by atoms with Gasteiger partial charge in [0, 0.05) is 23.2 Å². The quantitative estimate of drug-likeness (QED) is 0.894. The van der Waals surface area contributed by atoms with Crippen molar-refractivity contribution in [2.45, 2.75) is 38.3 Å². The van der Waals surface area contributed by atoms with Gasteiger partial charge in [-0.25, -0.2) is 0 Å². The van der Waals surface area contributed by atoms with Crippen LogP contribution in [0.5, 0.6) is 11.5 Å². The van der Waals surface area contributed by atoms with Crippen molar-refractivity contribution < 1.29 is 19.7 Å². The fourth-order valence-electron chi connectivity index (χ4n) is 2.78. The van der Waals surface area contributed by atoms with Gasteiger partial charge in [0.15, 0.2) is 11.5 Å². The van der Waals surface area contributed by atoms with Crippen molar-refractivity contribution in [3.05, 3.63) is 22.7 Å². The number of methoxy groups -OCH3 is 1. The summed E-state index contributed by atoms with van der Waals surface area (Å²) in [5, 5.41) is 20.2. The largest absolute Gasteiger partial charge is 0.504 e. The lowest BCUT2D eigenvalue weighted by Gasteiger charge is -2.41. The fourth-order valence-corrected chi connectivity index (χ4v) is 3.01. The summed E-state index contributed by atoms with van der Waals surface area (Å²) in [5.41, 5.74) is -0.339. The van der Waals surface area contributed by atoms with Gasteiger partial charge in [-0.1, -0.05) is 11.6 Å². The molecule has 0 bridgehead atoms. The molecule has 1 saturated heterocycles. The third-order valence-corrected chi connectivity index (χ3v) is 4.42. The predicted molar refractivity (Wildman–Crippen MR) is 80.0 cm³/mol. The van der Waals surface area contributed by atoms with Gasteiger partial charge < -0.3 is 14.9 Å². The molecule has 0 saturated carbocycles. The van der Waals surface area contributed by atoms with Gasteiger partial charge in [0.1, 0.15) is 5.54 Å². The van der Waals surface area contributed by atoms with Gasteiger partial charge in [0.05, 0.1) is 7.11 Å². The normalized spacial score (nSPS) is 23.0. The number of halogens is 1. The molecular weight excluding hydrogens is 294 g/mol. The Morgan fingerprint density at radius 2 is 2.19 bits per heavy atom. The molecule has 0 spiro atoms. The lowest BCUT2D eigenvalue weighted by Crippen LogP contribution is -2.54. The number of likely N-dealkylation sites (tertiary alicyclic amines) is 1. The first kappa shape index (κ1) is 15.9. The third kappa shape index (κ3) is 3.09. The molecule has 1 aliphatic rings. The minimum Gasteiger partial charge on any atom is -0.504 e. The van der Waals surface area contributed by atoms with Crippen LogP contribution in [-0.2, 0) is 11.3 Å². The van der Waals surface area contributed by atoms with E-state index in [1.54, 1.807) is 13.0 Å². The summed E-state index contributed by atoms with van der Waals surface area (Å²) in [6.45, 7) is 2.73. The maximum Gasteiger partial charge on any atom is 0.323 e. The maximum atomic E-state index is 11.6. The molecule has 1 atom stereocenters. The highest BCUT2D eigenvalue weighted by molar-refractivity contribution is 6.30. The minimum absolute atomic E-state index is 0.0141. The SMILES string of the molecule is COc1cc(Cl)cc(CN2CCCCC2(C)C(=O)O)c1O. The van der Waals surface area contributed by atoms with Crippen LogP contribution in [0.15, 0.2) is 12.1 Å². The summed E-state index contributed by atoms with van der Waals surface area (Å²) in [4.78, 5) is 13.5. The summed E-state index contributed by atoms with van der Waals surface area (Å²) in [5.74, 6) is -0.526. The number of carboxylic acids is 1. The zero-order valence-electron chi connectivity index (χ0n) is 12.2. The van der Waals surface area contributed by atoms with Crippen molar-refractivity contribution in [1.29, 1.82) is 0 Å². The Hall–Kier alpha value is -1.46. The van der Waals surface area contributed by atoms with Crippen molar-refractivity contribution >= 4 is 17.6 Å². The van der Waals surface area contributed by atoms with E-state index in [0.29, 0.717) is 35.8 Å². The fraction of sp³-hybridized carbons (Fsp3) is 0.533. The molecule has 1 heterocycles. The highest BCUT2D eigenvalue weighted by Gasteiger charge is 2.41.